The largest absolute Gasteiger partial charge is 0.481 e. The van der Waals surface area contributed by atoms with Gasteiger partial charge in [0.2, 0.25) is 5.91 Å². The van der Waals surface area contributed by atoms with Crippen LogP contribution in [0.5, 0.6) is 0 Å². The number of fused-ring (bicyclic) bond motifs is 1. The summed E-state index contributed by atoms with van der Waals surface area (Å²) in [4.78, 5) is 27.9. The third-order valence-corrected chi connectivity index (χ3v) is 4.75. The number of amides is 1. The predicted molar refractivity (Wildman–Crippen MR) is 107 cm³/mol. The van der Waals surface area contributed by atoms with Gasteiger partial charge >= 0.3 is 5.97 Å². The average molecular weight is 400 g/mol. The Hall–Kier alpha value is -3.00. The Morgan fingerprint density at radius 3 is 2.93 bits per heavy atom. The van der Waals surface area contributed by atoms with Crippen molar-refractivity contribution in [2.75, 3.05) is 18.4 Å². The van der Waals surface area contributed by atoms with Crippen molar-refractivity contribution >= 4 is 17.7 Å². The Morgan fingerprint density at radius 2 is 2.14 bits per heavy atom. The van der Waals surface area contributed by atoms with Crippen LogP contribution in [0, 0.1) is 5.82 Å². The lowest BCUT2D eigenvalue weighted by Gasteiger charge is -2.18. The Bertz CT molecular complexity index is 875. The molecule has 8 heteroatoms. The fourth-order valence-electron chi connectivity index (χ4n) is 3.30. The second kappa shape index (κ2) is 9.97. The minimum atomic E-state index is -1.07. The number of carbonyl (C=O) groups excluding carboxylic acids is 1. The molecular formula is C21H25FN4O3. The average Bonchev–Trinajstić information content (AvgIpc) is 2.70. The number of carboxylic acids is 1. The SMILES string of the molecule is O=C(O)CC(NC(=O)CCNCc1ccc2c(n1)NCCC2)c1cccc(F)c1. The number of aromatic nitrogens is 1. The number of nitrogens with zero attached hydrogens (tertiary/aromatic N) is 1. The molecule has 0 fully saturated rings. The van der Waals surface area contributed by atoms with Gasteiger partial charge in [-0.2, -0.15) is 0 Å². The van der Waals surface area contributed by atoms with Gasteiger partial charge in [0.25, 0.3) is 0 Å². The zero-order chi connectivity index (χ0) is 20.6. The van der Waals surface area contributed by atoms with Crippen LogP contribution < -0.4 is 16.0 Å². The fourth-order valence-corrected chi connectivity index (χ4v) is 3.30. The van der Waals surface area contributed by atoms with Crippen LogP contribution >= 0.6 is 0 Å². The van der Waals surface area contributed by atoms with Crippen molar-refractivity contribution in [3.8, 4) is 0 Å². The van der Waals surface area contributed by atoms with E-state index in [1.165, 1.54) is 23.8 Å². The third kappa shape index (κ3) is 6.25. The minimum absolute atomic E-state index is 0.175. The van der Waals surface area contributed by atoms with Gasteiger partial charge in [-0.25, -0.2) is 9.37 Å². The summed E-state index contributed by atoms with van der Waals surface area (Å²) in [6.07, 6.45) is 2.01. The fraction of sp³-hybridized carbons (Fsp3) is 0.381. The molecule has 154 valence electrons. The number of hydrogen-bond acceptors (Lipinski definition) is 5. The number of anilines is 1. The van der Waals surface area contributed by atoms with Gasteiger partial charge in [-0.3, -0.25) is 9.59 Å². The number of aliphatic carboxylic acids is 1. The summed E-state index contributed by atoms with van der Waals surface area (Å²) in [5.41, 5.74) is 2.54. The van der Waals surface area contributed by atoms with Crippen LogP contribution in [-0.4, -0.2) is 35.1 Å². The molecule has 0 bridgehead atoms. The van der Waals surface area contributed by atoms with E-state index >= 15 is 0 Å². The highest BCUT2D eigenvalue weighted by molar-refractivity contribution is 5.78. The second-order valence-electron chi connectivity index (χ2n) is 7.04. The molecule has 1 aliphatic heterocycles. The first-order chi connectivity index (χ1) is 14.0. The number of hydrogen-bond donors (Lipinski definition) is 4. The molecule has 4 N–H and O–H groups in total. The lowest BCUT2D eigenvalue weighted by atomic mass is 10.0. The van der Waals surface area contributed by atoms with Gasteiger partial charge in [0.15, 0.2) is 0 Å². The summed E-state index contributed by atoms with van der Waals surface area (Å²) in [6, 6.07) is 8.89. The van der Waals surface area contributed by atoms with Gasteiger partial charge in [0.1, 0.15) is 11.6 Å². The van der Waals surface area contributed by atoms with E-state index < -0.39 is 17.8 Å². The predicted octanol–water partition coefficient (Wildman–Crippen LogP) is 2.39. The van der Waals surface area contributed by atoms with Gasteiger partial charge in [-0.05, 0) is 42.2 Å². The highest BCUT2D eigenvalue weighted by Gasteiger charge is 2.18. The lowest BCUT2D eigenvalue weighted by molar-refractivity contribution is -0.137. The van der Waals surface area contributed by atoms with Crippen molar-refractivity contribution in [3.63, 3.8) is 0 Å². The smallest absolute Gasteiger partial charge is 0.305 e. The Morgan fingerprint density at radius 1 is 1.28 bits per heavy atom. The molecule has 1 aromatic heterocycles. The second-order valence-corrected chi connectivity index (χ2v) is 7.04. The van der Waals surface area contributed by atoms with E-state index in [0.29, 0.717) is 18.7 Å². The lowest BCUT2D eigenvalue weighted by Crippen LogP contribution is -2.32. The van der Waals surface area contributed by atoms with Crippen molar-refractivity contribution in [3.05, 3.63) is 59.0 Å². The molecule has 0 saturated carbocycles. The standard InChI is InChI=1S/C21H25FN4O3/c22-16-5-1-3-15(11-16)18(12-20(28)29)26-19(27)8-10-23-13-17-7-6-14-4-2-9-24-21(14)25-17/h1,3,5-7,11,18,23H,2,4,8-10,12-13H2,(H,24,25)(H,26,27)(H,28,29). The first kappa shape index (κ1) is 20.7. The summed E-state index contributed by atoms with van der Waals surface area (Å²) in [5.74, 6) is -0.904. The van der Waals surface area contributed by atoms with Crippen molar-refractivity contribution in [2.45, 2.75) is 38.3 Å². The van der Waals surface area contributed by atoms with E-state index in [-0.39, 0.29) is 18.7 Å². The zero-order valence-corrected chi connectivity index (χ0v) is 16.1. The summed E-state index contributed by atoms with van der Waals surface area (Å²) < 4.78 is 13.4. The van der Waals surface area contributed by atoms with E-state index in [1.54, 1.807) is 6.07 Å². The molecule has 0 radical (unpaired) electrons. The van der Waals surface area contributed by atoms with Crippen molar-refractivity contribution in [1.82, 2.24) is 15.6 Å². The molecule has 1 aromatic carbocycles. The molecule has 29 heavy (non-hydrogen) atoms. The molecule has 3 rings (SSSR count). The van der Waals surface area contributed by atoms with Crippen molar-refractivity contribution < 1.29 is 19.1 Å². The van der Waals surface area contributed by atoms with Crippen LogP contribution in [0.15, 0.2) is 36.4 Å². The first-order valence-corrected chi connectivity index (χ1v) is 9.71. The topological polar surface area (TPSA) is 103 Å². The zero-order valence-electron chi connectivity index (χ0n) is 16.1. The number of carboxylic acid groups (broad SMARTS) is 1. The van der Waals surface area contributed by atoms with Crippen LogP contribution in [0.2, 0.25) is 0 Å². The minimum Gasteiger partial charge on any atom is -0.481 e. The summed E-state index contributed by atoms with van der Waals surface area (Å²) >= 11 is 0. The first-order valence-electron chi connectivity index (χ1n) is 9.71. The maximum absolute atomic E-state index is 13.4. The van der Waals surface area contributed by atoms with Crippen LogP contribution in [0.3, 0.4) is 0 Å². The van der Waals surface area contributed by atoms with Gasteiger partial charge in [-0.15, -0.1) is 0 Å². The van der Waals surface area contributed by atoms with E-state index in [0.717, 1.165) is 30.9 Å². The number of benzene rings is 1. The molecule has 1 atom stereocenters. The van der Waals surface area contributed by atoms with Gasteiger partial charge in [0, 0.05) is 26.1 Å². The van der Waals surface area contributed by atoms with Crippen LogP contribution in [0.1, 0.15) is 42.1 Å². The molecule has 0 saturated heterocycles. The molecule has 1 amide bonds. The van der Waals surface area contributed by atoms with E-state index in [2.05, 4.69) is 27.0 Å². The van der Waals surface area contributed by atoms with E-state index in [1.807, 2.05) is 6.07 Å². The monoisotopic (exact) mass is 400 g/mol. The molecule has 1 aliphatic rings. The Labute approximate surface area is 168 Å². The third-order valence-electron chi connectivity index (χ3n) is 4.75. The number of rotatable bonds is 9. The van der Waals surface area contributed by atoms with Crippen LogP contribution in [0.4, 0.5) is 10.2 Å². The number of nitrogens with one attached hydrogen (secondary N) is 3. The maximum atomic E-state index is 13.4. The number of halogens is 1. The summed E-state index contributed by atoms with van der Waals surface area (Å²) in [5, 5.41) is 18.2. The Kier molecular flexibility index (Phi) is 7.13. The molecule has 2 aromatic rings. The van der Waals surface area contributed by atoms with Crippen molar-refractivity contribution in [2.24, 2.45) is 0 Å². The highest BCUT2D eigenvalue weighted by atomic mass is 19.1. The van der Waals surface area contributed by atoms with Gasteiger partial charge in [-0.1, -0.05) is 18.2 Å². The molecule has 0 aliphatic carbocycles. The van der Waals surface area contributed by atoms with E-state index in [9.17, 15) is 14.0 Å². The van der Waals surface area contributed by atoms with Gasteiger partial charge in [0.05, 0.1) is 18.2 Å². The molecule has 0 spiro atoms. The normalized spacial score (nSPS) is 13.8. The maximum Gasteiger partial charge on any atom is 0.305 e. The molecule has 1 unspecified atom stereocenters. The number of aryl methyl sites for hydroxylation is 1. The summed E-state index contributed by atoms with van der Waals surface area (Å²) in [6.45, 7) is 1.88. The van der Waals surface area contributed by atoms with Gasteiger partial charge < -0.3 is 21.1 Å². The van der Waals surface area contributed by atoms with E-state index in [4.69, 9.17) is 5.11 Å². The molecule has 2 heterocycles. The Balaban J connectivity index is 1.47. The quantitative estimate of drug-likeness (QED) is 0.482. The molecular weight excluding hydrogens is 375 g/mol. The number of pyridine rings is 1. The summed E-state index contributed by atoms with van der Waals surface area (Å²) in [7, 11) is 0. The van der Waals surface area contributed by atoms with Crippen LogP contribution in [-0.2, 0) is 22.6 Å². The number of carbonyl (C=O) groups is 2. The highest BCUT2D eigenvalue weighted by Crippen LogP contribution is 2.20. The van der Waals surface area contributed by atoms with Crippen LogP contribution in [0.25, 0.3) is 0 Å². The van der Waals surface area contributed by atoms with Crippen molar-refractivity contribution in [1.29, 1.82) is 0 Å². The molecule has 7 nitrogen and oxygen atoms in total.